The van der Waals surface area contributed by atoms with Gasteiger partial charge in [0.15, 0.2) is 16.6 Å². The lowest BCUT2D eigenvalue weighted by molar-refractivity contribution is 0.0923. The second kappa shape index (κ2) is 6.68. The molecule has 1 aliphatic heterocycles. The van der Waals surface area contributed by atoms with Gasteiger partial charge in [0.2, 0.25) is 6.79 Å². The molecule has 24 heavy (non-hydrogen) atoms. The van der Waals surface area contributed by atoms with Crippen LogP contribution in [-0.4, -0.2) is 23.7 Å². The van der Waals surface area contributed by atoms with Gasteiger partial charge in [-0.1, -0.05) is 19.3 Å². The summed E-state index contributed by atoms with van der Waals surface area (Å²) in [5, 5.41) is 8.76. The third-order valence-electron chi connectivity index (χ3n) is 4.30. The van der Waals surface area contributed by atoms with Crippen LogP contribution >= 0.6 is 11.3 Å². The minimum Gasteiger partial charge on any atom is -0.454 e. The Morgan fingerprint density at radius 1 is 1.17 bits per heavy atom. The number of nitrogens with one attached hydrogen (secondary N) is 2. The molecule has 0 atom stereocenters. The van der Waals surface area contributed by atoms with E-state index in [0.29, 0.717) is 22.6 Å². The van der Waals surface area contributed by atoms with Crippen LogP contribution in [0.2, 0.25) is 0 Å². The van der Waals surface area contributed by atoms with Crippen LogP contribution in [0.3, 0.4) is 0 Å². The van der Waals surface area contributed by atoms with Gasteiger partial charge in [-0.05, 0) is 25.0 Å². The monoisotopic (exact) mass is 345 g/mol. The number of fused-ring (bicyclic) bond motifs is 1. The molecule has 7 heteroatoms. The summed E-state index contributed by atoms with van der Waals surface area (Å²) < 4.78 is 10.7. The highest BCUT2D eigenvalue weighted by molar-refractivity contribution is 7.14. The van der Waals surface area contributed by atoms with Gasteiger partial charge in [0.05, 0.1) is 0 Å². The molecule has 2 aromatic rings. The summed E-state index contributed by atoms with van der Waals surface area (Å²) in [5.74, 6) is 1.37. The van der Waals surface area contributed by atoms with Gasteiger partial charge >= 0.3 is 0 Å². The molecule has 6 nitrogen and oxygen atoms in total. The van der Waals surface area contributed by atoms with E-state index in [4.69, 9.17) is 9.47 Å². The Morgan fingerprint density at radius 3 is 2.88 bits per heavy atom. The van der Waals surface area contributed by atoms with Crippen LogP contribution in [0.1, 0.15) is 42.6 Å². The summed E-state index contributed by atoms with van der Waals surface area (Å²) in [5.41, 5.74) is 1.32. The minimum absolute atomic E-state index is 0.0862. The Kier molecular flexibility index (Phi) is 4.25. The van der Waals surface area contributed by atoms with Gasteiger partial charge in [-0.3, -0.25) is 4.79 Å². The normalized spacial score (nSPS) is 16.8. The van der Waals surface area contributed by atoms with Crippen molar-refractivity contribution in [3.8, 4) is 11.5 Å². The lowest BCUT2D eigenvalue weighted by atomic mass is 9.95. The fourth-order valence-corrected chi connectivity index (χ4v) is 3.75. The molecule has 0 unspecified atom stereocenters. The molecule has 1 aromatic carbocycles. The van der Waals surface area contributed by atoms with E-state index in [2.05, 4.69) is 15.6 Å². The summed E-state index contributed by atoms with van der Waals surface area (Å²) >= 11 is 1.41. The van der Waals surface area contributed by atoms with Crippen LogP contribution < -0.4 is 20.1 Å². The SMILES string of the molecule is O=C(NC1CCCCC1)c1csc(Nc2ccc3c(c2)OCO3)n1. The second-order valence-corrected chi connectivity index (χ2v) is 6.90. The zero-order valence-electron chi connectivity index (χ0n) is 13.2. The quantitative estimate of drug-likeness (QED) is 0.884. The maximum atomic E-state index is 12.3. The van der Waals surface area contributed by atoms with Crippen LogP contribution in [0.25, 0.3) is 0 Å². The molecule has 0 spiro atoms. The number of hydrogen-bond acceptors (Lipinski definition) is 6. The molecule has 2 N–H and O–H groups in total. The van der Waals surface area contributed by atoms with Crippen molar-refractivity contribution in [1.29, 1.82) is 0 Å². The van der Waals surface area contributed by atoms with Crippen molar-refractivity contribution in [1.82, 2.24) is 10.3 Å². The van der Waals surface area contributed by atoms with Crippen molar-refractivity contribution >= 4 is 28.1 Å². The first-order valence-corrected chi connectivity index (χ1v) is 9.09. The summed E-state index contributed by atoms with van der Waals surface area (Å²) in [7, 11) is 0. The third kappa shape index (κ3) is 3.31. The number of amides is 1. The van der Waals surface area contributed by atoms with Gasteiger partial charge in [-0.2, -0.15) is 0 Å². The Morgan fingerprint density at radius 2 is 2.00 bits per heavy atom. The molecular formula is C17H19N3O3S. The molecule has 2 aliphatic rings. The Balaban J connectivity index is 1.40. The van der Waals surface area contributed by atoms with Crippen LogP contribution in [-0.2, 0) is 0 Å². The second-order valence-electron chi connectivity index (χ2n) is 6.04. The summed E-state index contributed by atoms with van der Waals surface area (Å²) in [6.07, 6.45) is 5.79. The van der Waals surface area contributed by atoms with Gasteiger partial charge in [0.25, 0.3) is 5.91 Å². The van der Waals surface area contributed by atoms with Gasteiger partial charge in [0.1, 0.15) is 5.69 Å². The van der Waals surface area contributed by atoms with Crippen molar-refractivity contribution in [2.24, 2.45) is 0 Å². The first-order chi connectivity index (χ1) is 11.8. The Bertz CT molecular complexity index is 740. The fourth-order valence-electron chi connectivity index (χ4n) is 3.04. The summed E-state index contributed by atoms with van der Waals surface area (Å²) in [6.45, 7) is 0.252. The van der Waals surface area contributed by atoms with E-state index in [1.54, 1.807) is 5.38 Å². The highest BCUT2D eigenvalue weighted by atomic mass is 32.1. The van der Waals surface area contributed by atoms with Crippen molar-refractivity contribution < 1.29 is 14.3 Å². The van der Waals surface area contributed by atoms with E-state index < -0.39 is 0 Å². The lowest BCUT2D eigenvalue weighted by Crippen LogP contribution is -2.36. The first kappa shape index (κ1) is 15.3. The van der Waals surface area contributed by atoms with E-state index in [0.717, 1.165) is 24.3 Å². The van der Waals surface area contributed by atoms with Crippen LogP contribution in [0.5, 0.6) is 11.5 Å². The van der Waals surface area contributed by atoms with Crippen molar-refractivity contribution in [2.75, 3.05) is 12.1 Å². The molecule has 2 heterocycles. The van der Waals surface area contributed by atoms with Gasteiger partial charge < -0.3 is 20.1 Å². The van der Waals surface area contributed by atoms with Crippen molar-refractivity contribution in [3.05, 3.63) is 29.3 Å². The number of aromatic nitrogens is 1. The number of ether oxygens (including phenoxy) is 2. The number of benzene rings is 1. The van der Waals surface area contributed by atoms with Crippen molar-refractivity contribution in [2.45, 2.75) is 38.1 Å². The minimum atomic E-state index is -0.0862. The van der Waals surface area contributed by atoms with Crippen LogP contribution in [0, 0.1) is 0 Å². The van der Waals surface area contributed by atoms with E-state index in [1.165, 1.54) is 30.6 Å². The number of carbonyl (C=O) groups is 1. The maximum Gasteiger partial charge on any atom is 0.271 e. The highest BCUT2D eigenvalue weighted by Gasteiger charge is 2.19. The van der Waals surface area contributed by atoms with Crippen molar-refractivity contribution in [3.63, 3.8) is 0 Å². The number of hydrogen-bond donors (Lipinski definition) is 2. The largest absolute Gasteiger partial charge is 0.454 e. The first-order valence-electron chi connectivity index (χ1n) is 8.21. The average molecular weight is 345 g/mol. The summed E-state index contributed by atoms with van der Waals surface area (Å²) in [6, 6.07) is 5.91. The molecule has 1 amide bonds. The number of thiazole rings is 1. The molecule has 4 rings (SSSR count). The Hall–Kier alpha value is -2.28. The van der Waals surface area contributed by atoms with E-state index in [9.17, 15) is 4.79 Å². The molecular weight excluding hydrogens is 326 g/mol. The van der Waals surface area contributed by atoms with Gasteiger partial charge in [-0.25, -0.2) is 4.98 Å². The van der Waals surface area contributed by atoms with Gasteiger partial charge in [0, 0.05) is 23.2 Å². The van der Waals surface area contributed by atoms with Crippen LogP contribution in [0.4, 0.5) is 10.8 Å². The number of rotatable bonds is 4. The zero-order chi connectivity index (χ0) is 16.4. The fraction of sp³-hybridized carbons (Fsp3) is 0.412. The average Bonchev–Trinajstić information content (AvgIpc) is 3.24. The van der Waals surface area contributed by atoms with Crippen LogP contribution in [0.15, 0.2) is 23.6 Å². The topological polar surface area (TPSA) is 72.5 Å². The number of anilines is 2. The lowest BCUT2D eigenvalue weighted by Gasteiger charge is -2.22. The standard InChI is InChI=1S/C17H19N3O3S/c21-16(18-11-4-2-1-3-5-11)13-9-24-17(20-13)19-12-6-7-14-15(8-12)23-10-22-14/h6-9,11H,1-5,10H2,(H,18,21)(H,19,20). The van der Waals surface area contributed by atoms with E-state index >= 15 is 0 Å². The molecule has 0 saturated heterocycles. The molecule has 0 radical (unpaired) electrons. The smallest absolute Gasteiger partial charge is 0.271 e. The number of carbonyl (C=O) groups excluding carboxylic acids is 1. The number of nitrogens with zero attached hydrogens (tertiary/aromatic N) is 1. The van der Waals surface area contributed by atoms with Gasteiger partial charge in [-0.15, -0.1) is 11.3 Å². The Labute approximate surface area is 144 Å². The predicted molar refractivity (Wildman–Crippen MR) is 92.3 cm³/mol. The maximum absolute atomic E-state index is 12.3. The molecule has 1 aliphatic carbocycles. The molecule has 1 fully saturated rings. The molecule has 1 aromatic heterocycles. The van der Waals surface area contributed by atoms with E-state index in [-0.39, 0.29) is 12.7 Å². The summed E-state index contributed by atoms with van der Waals surface area (Å²) in [4.78, 5) is 16.7. The predicted octanol–water partition coefficient (Wildman–Crippen LogP) is 3.68. The third-order valence-corrected chi connectivity index (χ3v) is 5.06. The highest BCUT2D eigenvalue weighted by Crippen LogP contribution is 2.35. The van der Waals surface area contributed by atoms with E-state index in [1.807, 2.05) is 18.2 Å². The molecule has 1 saturated carbocycles. The zero-order valence-corrected chi connectivity index (χ0v) is 14.0. The molecule has 0 bridgehead atoms. The molecule has 126 valence electrons.